The number of aliphatic hydroxyl groups is 1. The lowest BCUT2D eigenvalue weighted by atomic mass is 9.67. The van der Waals surface area contributed by atoms with Crippen molar-refractivity contribution < 1.29 is 5.11 Å². The zero-order valence-corrected chi connectivity index (χ0v) is 11.1. The fourth-order valence-corrected chi connectivity index (χ4v) is 3.57. The third kappa shape index (κ3) is 2.19. The van der Waals surface area contributed by atoms with Gasteiger partial charge in [0.1, 0.15) is 0 Å². The standard InChI is InChI=1S/C16H23NO/c18-13-1-2-14-3-5-15(6-4-14)16-7-10-17(11-8-16)12-9-16/h3-6,18H,1-2,7-13H2. The van der Waals surface area contributed by atoms with Gasteiger partial charge in [-0.1, -0.05) is 24.3 Å². The molecule has 3 aliphatic heterocycles. The van der Waals surface area contributed by atoms with Crippen molar-refractivity contribution in [3.63, 3.8) is 0 Å². The molecule has 0 radical (unpaired) electrons. The molecule has 3 saturated heterocycles. The third-order valence-electron chi connectivity index (χ3n) is 4.91. The maximum absolute atomic E-state index is 8.87. The molecule has 3 heterocycles. The van der Waals surface area contributed by atoms with Crippen LogP contribution in [-0.2, 0) is 11.8 Å². The highest BCUT2D eigenvalue weighted by Crippen LogP contribution is 2.42. The molecule has 2 heteroatoms. The van der Waals surface area contributed by atoms with Crippen LogP contribution in [0.2, 0.25) is 0 Å². The van der Waals surface area contributed by atoms with Gasteiger partial charge in [-0.3, -0.25) is 0 Å². The van der Waals surface area contributed by atoms with Gasteiger partial charge in [-0.15, -0.1) is 0 Å². The molecule has 1 N–H and O–H groups in total. The summed E-state index contributed by atoms with van der Waals surface area (Å²) in [5.41, 5.74) is 3.39. The van der Waals surface area contributed by atoms with E-state index in [9.17, 15) is 0 Å². The number of aryl methyl sites for hydroxylation is 1. The Labute approximate surface area is 110 Å². The van der Waals surface area contributed by atoms with Crippen LogP contribution in [-0.4, -0.2) is 36.2 Å². The van der Waals surface area contributed by atoms with Crippen LogP contribution in [0, 0.1) is 0 Å². The van der Waals surface area contributed by atoms with Gasteiger partial charge in [0.05, 0.1) is 0 Å². The summed E-state index contributed by atoms with van der Waals surface area (Å²) in [6.45, 7) is 4.15. The second-order valence-corrected chi connectivity index (χ2v) is 5.90. The third-order valence-corrected chi connectivity index (χ3v) is 4.91. The highest BCUT2D eigenvalue weighted by Gasteiger charge is 2.40. The summed E-state index contributed by atoms with van der Waals surface area (Å²) in [6, 6.07) is 9.21. The number of hydrogen-bond donors (Lipinski definition) is 1. The molecular formula is C16H23NO. The minimum Gasteiger partial charge on any atom is -0.396 e. The normalized spacial score (nSPS) is 30.6. The number of hydrogen-bond acceptors (Lipinski definition) is 2. The molecule has 1 aromatic carbocycles. The van der Waals surface area contributed by atoms with Gasteiger partial charge in [-0.05, 0) is 68.3 Å². The first-order valence-electron chi connectivity index (χ1n) is 7.25. The fraction of sp³-hybridized carbons (Fsp3) is 0.625. The predicted octanol–water partition coefficient (Wildman–Crippen LogP) is 2.35. The van der Waals surface area contributed by atoms with Crippen molar-refractivity contribution >= 4 is 0 Å². The summed E-state index contributed by atoms with van der Waals surface area (Å²) in [5, 5.41) is 8.87. The number of aliphatic hydroxyl groups excluding tert-OH is 1. The summed E-state index contributed by atoms with van der Waals surface area (Å²) < 4.78 is 0. The highest BCUT2D eigenvalue weighted by molar-refractivity contribution is 5.31. The van der Waals surface area contributed by atoms with E-state index in [4.69, 9.17) is 5.11 Å². The van der Waals surface area contributed by atoms with E-state index in [1.54, 1.807) is 5.56 Å². The first kappa shape index (κ1) is 12.2. The van der Waals surface area contributed by atoms with Crippen LogP contribution in [0.25, 0.3) is 0 Å². The summed E-state index contributed by atoms with van der Waals surface area (Å²) in [4.78, 5) is 2.59. The van der Waals surface area contributed by atoms with Crippen LogP contribution < -0.4 is 0 Å². The van der Waals surface area contributed by atoms with E-state index in [0.717, 1.165) is 12.8 Å². The van der Waals surface area contributed by atoms with E-state index in [0.29, 0.717) is 12.0 Å². The van der Waals surface area contributed by atoms with Gasteiger partial charge in [0.15, 0.2) is 0 Å². The zero-order chi connectivity index (χ0) is 12.4. The van der Waals surface area contributed by atoms with Crippen molar-refractivity contribution in [2.24, 2.45) is 0 Å². The van der Waals surface area contributed by atoms with Gasteiger partial charge >= 0.3 is 0 Å². The minimum atomic E-state index is 0.293. The summed E-state index contributed by atoms with van der Waals surface area (Å²) in [6.07, 6.45) is 5.88. The van der Waals surface area contributed by atoms with Crippen molar-refractivity contribution in [3.8, 4) is 0 Å². The van der Waals surface area contributed by atoms with E-state index in [1.807, 2.05) is 0 Å². The molecule has 0 unspecified atom stereocenters. The van der Waals surface area contributed by atoms with Gasteiger partial charge in [0, 0.05) is 6.61 Å². The zero-order valence-electron chi connectivity index (χ0n) is 11.1. The number of piperidine rings is 3. The van der Waals surface area contributed by atoms with E-state index >= 15 is 0 Å². The maximum atomic E-state index is 8.87. The Hall–Kier alpha value is -0.860. The van der Waals surface area contributed by atoms with Crippen molar-refractivity contribution in [2.45, 2.75) is 37.5 Å². The van der Waals surface area contributed by atoms with Crippen molar-refractivity contribution in [3.05, 3.63) is 35.4 Å². The molecule has 4 rings (SSSR count). The smallest absolute Gasteiger partial charge is 0.0434 e. The van der Waals surface area contributed by atoms with Crippen LogP contribution in [0.15, 0.2) is 24.3 Å². The van der Waals surface area contributed by atoms with Gasteiger partial charge in [-0.25, -0.2) is 0 Å². The molecule has 0 atom stereocenters. The van der Waals surface area contributed by atoms with Crippen molar-refractivity contribution in [2.75, 3.05) is 26.2 Å². The SMILES string of the molecule is OCCCc1ccc(C23CCN(CC2)CC3)cc1. The monoisotopic (exact) mass is 245 g/mol. The highest BCUT2D eigenvalue weighted by atomic mass is 16.2. The minimum absolute atomic E-state index is 0.293. The summed E-state index contributed by atoms with van der Waals surface area (Å²) in [5.74, 6) is 0. The molecule has 98 valence electrons. The van der Waals surface area contributed by atoms with Crippen LogP contribution in [0.3, 0.4) is 0 Å². The number of rotatable bonds is 4. The molecule has 0 amide bonds. The molecule has 3 aliphatic rings. The number of fused-ring (bicyclic) bond motifs is 3. The summed E-state index contributed by atoms with van der Waals surface area (Å²) in [7, 11) is 0. The summed E-state index contributed by atoms with van der Waals surface area (Å²) >= 11 is 0. The Morgan fingerprint density at radius 2 is 1.61 bits per heavy atom. The van der Waals surface area contributed by atoms with Gasteiger partial charge in [-0.2, -0.15) is 0 Å². The Morgan fingerprint density at radius 3 is 2.17 bits per heavy atom. The number of nitrogens with zero attached hydrogens (tertiary/aromatic N) is 1. The molecule has 2 bridgehead atoms. The Balaban J connectivity index is 1.75. The van der Waals surface area contributed by atoms with Crippen LogP contribution in [0.5, 0.6) is 0 Å². The first-order chi connectivity index (χ1) is 8.82. The molecule has 3 fully saturated rings. The second kappa shape index (κ2) is 5.02. The lowest BCUT2D eigenvalue weighted by molar-refractivity contribution is 0.0818. The van der Waals surface area contributed by atoms with E-state index in [2.05, 4.69) is 29.2 Å². The average Bonchev–Trinajstić information content (AvgIpc) is 2.47. The van der Waals surface area contributed by atoms with Gasteiger partial charge in [0.2, 0.25) is 0 Å². The molecule has 0 saturated carbocycles. The van der Waals surface area contributed by atoms with E-state index in [1.165, 1.54) is 44.5 Å². The molecule has 0 aromatic heterocycles. The van der Waals surface area contributed by atoms with Crippen LogP contribution >= 0.6 is 0 Å². The molecular weight excluding hydrogens is 222 g/mol. The van der Waals surface area contributed by atoms with Crippen LogP contribution in [0.1, 0.15) is 36.8 Å². The molecule has 1 aromatic rings. The molecule has 0 aliphatic carbocycles. The van der Waals surface area contributed by atoms with Crippen molar-refractivity contribution in [1.82, 2.24) is 4.90 Å². The Morgan fingerprint density at radius 1 is 1.00 bits per heavy atom. The van der Waals surface area contributed by atoms with Gasteiger partial charge < -0.3 is 10.0 Å². The lowest BCUT2D eigenvalue weighted by Gasteiger charge is -2.49. The maximum Gasteiger partial charge on any atom is 0.0434 e. The van der Waals surface area contributed by atoms with E-state index in [-0.39, 0.29) is 0 Å². The Kier molecular flexibility index (Phi) is 3.40. The lowest BCUT2D eigenvalue weighted by Crippen LogP contribution is -2.50. The molecule has 0 spiro atoms. The predicted molar refractivity (Wildman–Crippen MR) is 73.8 cm³/mol. The topological polar surface area (TPSA) is 23.5 Å². The second-order valence-electron chi connectivity index (χ2n) is 5.90. The Bertz CT molecular complexity index is 376. The fourth-order valence-electron chi connectivity index (χ4n) is 3.57. The van der Waals surface area contributed by atoms with E-state index < -0.39 is 0 Å². The quantitative estimate of drug-likeness (QED) is 0.880. The first-order valence-corrected chi connectivity index (χ1v) is 7.25. The molecule has 2 nitrogen and oxygen atoms in total. The molecule has 18 heavy (non-hydrogen) atoms. The van der Waals surface area contributed by atoms with Crippen LogP contribution in [0.4, 0.5) is 0 Å². The number of benzene rings is 1. The van der Waals surface area contributed by atoms with Crippen molar-refractivity contribution in [1.29, 1.82) is 0 Å². The average molecular weight is 245 g/mol. The van der Waals surface area contributed by atoms with Gasteiger partial charge in [0.25, 0.3) is 0 Å². The largest absolute Gasteiger partial charge is 0.396 e.